The van der Waals surface area contributed by atoms with Crippen molar-refractivity contribution in [2.45, 2.75) is 37.0 Å². The van der Waals surface area contributed by atoms with Crippen LogP contribution in [0.3, 0.4) is 0 Å². The Kier molecular flexibility index (Phi) is 7.80. The van der Waals surface area contributed by atoms with Crippen molar-refractivity contribution < 1.29 is 14.3 Å². The van der Waals surface area contributed by atoms with Gasteiger partial charge in [0.2, 0.25) is 0 Å². The van der Waals surface area contributed by atoms with E-state index in [1.807, 2.05) is 56.3 Å². The highest BCUT2D eigenvalue weighted by atomic mass is 32.2. The first-order valence-electron chi connectivity index (χ1n) is 9.98. The summed E-state index contributed by atoms with van der Waals surface area (Å²) in [5.74, 6) is 1.89. The fourth-order valence-corrected chi connectivity index (χ4v) is 3.91. The summed E-state index contributed by atoms with van der Waals surface area (Å²) >= 11 is 1.80. The van der Waals surface area contributed by atoms with Crippen molar-refractivity contribution in [1.82, 2.24) is 0 Å². The molecule has 0 aliphatic rings. The molecule has 3 aromatic carbocycles. The zero-order valence-electron chi connectivity index (χ0n) is 17.6. The average Bonchev–Trinajstić information content (AvgIpc) is 2.78. The molecule has 0 radical (unpaired) electrons. The quantitative estimate of drug-likeness (QED) is 0.425. The van der Waals surface area contributed by atoms with E-state index >= 15 is 0 Å². The largest absolute Gasteiger partial charge is 0.493 e. The van der Waals surface area contributed by atoms with Gasteiger partial charge in [0.05, 0.1) is 7.11 Å². The zero-order chi connectivity index (χ0) is 21.3. The number of nitrogens with one attached hydrogen (secondary N) is 1. The van der Waals surface area contributed by atoms with Crippen molar-refractivity contribution in [2.24, 2.45) is 0 Å². The molecular formula is C25H27NO3S. The van der Waals surface area contributed by atoms with Crippen LogP contribution in [0.15, 0.2) is 77.7 Å². The number of methoxy groups -OCH3 is 1. The first kappa shape index (κ1) is 21.8. The highest BCUT2D eigenvalue weighted by molar-refractivity contribution is 7.98. The highest BCUT2D eigenvalue weighted by Crippen LogP contribution is 2.28. The van der Waals surface area contributed by atoms with Crippen LogP contribution in [0, 0.1) is 6.92 Å². The number of hydrogen-bond acceptors (Lipinski definition) is 4. The summed E-state index contributed by atoms with van der Waals surface area (Å²) in [4.78, 5) is 14.1. The van der Waals surface area contributed by atoms with Crippen LogP contribution in [0.2, 0.25) is 0 Å². The molecule has 156 valence electrons. The number of thioether (sulfide) groups is 1. The van der Waals surface area contributed by atoms with Crippen molar-refractivity contribution in [3.8, 4) is 11.5 Å². The molecule has 3 aromatic rings. The maximum Gasteiger partial charge on any atom is 0.265 e. The average molecular weight is 422 g/mol. The molecule has 4 nitrogen and oxygen atoms in total. The first-order valence-corrected chi connectivity index (χ1v) is 11.0. The summed E-state index contributed by atoms with van der Waals surface area (Å²) in [6, 6.07) is 23.8. The normalized spacial score (nSPS) is 11.6. The molecule has 3 rings (SSSR count). The van der Waals surface area contributed by atoms with Gasteiger partial charge in [0, 0.05) is 16.3 Å². The molecule has 0 unspecified atom stereocenters. The molecule has 0 fully saturated rings. The number of carbonyl (C=O) groups excluding carboxylic acids is 1. The molecule has 0 bridgehead atoms. The number of rotatable bonds is 9. The molecule has 0 saturated carbocycles. The Morgan fingerprint density at radius 2 is 1.70 bits per heavy atom. The lowest BCUT2D eigenvalue weighted by Gasteiger charge is -2.19. The summed E-state index contributed by atoms with van der Waals surface area (Å²) in [6.07, 6.45) is -0.0524. The van der Waals surface area contributed by atoms with Crippen LogP contribution in [0.5, 0.6) is 11.5 Å². The van der Waals surface area contributed by atoms with Gasteiger partial charge in [-0.05, 0) is 54.8 Å². The van der Waals surface area contributed by atoms with E-state index in [0.29, 0.717) is 17.9 Å². The monoisotopic (exact) mass is 421 g/mol. The molecule has 5 heteroatoms. The minimum atomic E-state index is -0.603. The number of amides is 1. The van der Waals surface area contributed by atoms with Gasteiger partial charge in [-0.15, -0.1) is 11.8 Å². The summed E-state index contributed by atoms with van der Waals surface area (Å²) in [6.45, 7) is 3.94. The molecule has 1 atom stereocenters. The predicted molar refractivity (Wildman–Crippen MR) is 124 cm³/mol. The van der Waals surface area contributed by atoms with E-state index in [1.165, 1.54) is 10.5 Å². The topological polar surface area (TPSA) is 47.6 Å². The van der Waals surface area contributed by atoms with Gasteiger partial charge in [-0.2, -0.15) is 0 Å². The van der Waals surface area contributed by atoms with Crippen LogP contribution in [0.25, 0.3) is 0 Å². The Balaban J connectivity index is 1.63. The third-order valence-corrected chi connectivity index (χ3v) is 5.78. The van der Waals surface area contributed by atoms with Crippen LogP contribution in [0.1, 0.15) is 24.5 Å². The maximum absolute atomic E-state index is 12.8. The first-order chi connectivity index (χ1) is 14.6. The Morgan fingerprint density at radius 3 is 2.37 bits per heavy atom. The SMILES string of the molecule is CC[C@H](Oc1ccccc1OC)C(=O)Nc1ccc(CSc2ccccc2)cc1C. The summed E-state index contributed by atoms with van der Waals surface area (Å²) in [5, 5.41) is 3.01. The fourth-order valence-electron chi connectivity index (χ4n) is 3.04. The number of carbonyl (C=O) groups is 1. The molecule has 0 spiro atoms. The third-order valence-electron chi connectivity index (χ3n) is 4.70. The summed E-state index contributed by atoms with van der Waals surface area (Å²) < 4.78 is 11.2. The van der Waals surface area contributed by atoms with Crippen molar-refractivity contribution in [2.75, 3.05) is 12.4 Å². The molecule has 0 heterocycles. The summed E-state index contributed by atoms with van der Waals surface area (Å²) in [7, 11) is 1.59. The van der Waals surface area contributed by atoms with Crippen LogP contribution in [0.4, 0.5) is 5.69 Å². The molecule has 1 N–H and O–H groups in total. The van der Waals surface area contributed by atoms with Crippen LogP contribution >= 0.6 is 11.8 Å². The van der Waals surface area contributed by atoms with E-state index in [4.69, 9.17) is 9.47 Å². The second kappa shape index (κ2) is 10.7. The lowest BCUT2D eigenvalue weighted by atomic mass is 10.1. The smallest absolute Gasteiger partial charge is 0.265 e. The van der Waals surface area contributed by atoms with E-state index < -0.39 is 6.10 Å². The van der Waals surface area contributed by atoms with Gasteiger partial charge in [-0.1, -0.05) is 49.4 Å². The van der Waals surface area contributed by atoms with Gasteiger partial charge in [0.1, 0.15) is 0 Å². The fraction of sp³-hybridized carbons (Fsp3) is 0.240. The van der Waals surface area contributed by atoms with E-state index in [9.17, 15) is 4.79 Å². The van der Waals surface area contributed by atoms with Crippen molar-refractivity contribution in [3.05, 3.63) is 83.9 Å². The molecule has 0 aliphatic carbocycles. The molecule has 0 aromatic heterocycles. The zero-order valence-corrected chi connectivity index (χ0v) is 18.4. The number of anilines is 1. The van der Waals surface area contributed by atoms with Gasteiger partial charge in [-0.3, -0.25) is 4.79 Å². The molecule has 0 aliphatic heterocycles. The highest BCUT2D eigenvalue weighted by Gasteiger charge is 2.20. The van der Waals surface area contributed by atoms with Crippen molar-refractivity contribution in [3.63, 3.8) is 0 Å². The minimum Gasteiger partial charge on any atom is -0.493 e. The van der Waals surface area contributed by atoms with Crippen LogP contribution < -0.4 is 14.8 Å². The number of benzene rings is 3. The van der Waals surface area contributed by atoms with Crippen molar-refractivity contribution in [1.29, 1.82) is 0 Å². The Labute approximate surface area is 182 Å². The number of ether oxygens (including phenoxy) is 2. The standard InChI is InChI=1S/C25H27NO3S/c1-4-22(29-24-13-9-8-12-23(24)28-3)25(27)26-21-15-14-19(16-18(21)2)17-30-20-10-6-5-7-11-20/h5-16,22H,4,17H2,1-3H3,(H,26,27)/t22-/m0/s1. The molecular weight excluding hydrogens is 394 g/mol. The van der Waals surface area contributed by atoms with Gasteiger partial charge in [0.15, 0.2) is 17.6 Å². The van der Waals surface area contributed by atoms with Gasteiger partial charge in [-0.25, -0.2) is 0 Å². The summed E-state index contributed by atoms with van der Waals surface area (Å²) in [5.41, 5.74) is 3.05. The van der Waals surface area contributed by atoms with Crippen LogP contribution in [-0.2, 0) is 10.5 Å². The van der Waals surface area contributed by atoms with E-state index in [2.05, 4.69) is 29.6 Å². The second-order valence-corrected chi connectivity index (χ2v) is 7.95. The van der Waals surface area contributed by atoms with Gasteiger partial charge >= 0.3 is 0 Å². The van der Waals surface area contributed by atoms with Gasteiger partial charge < -0.3 is 14.8 Å². The van der Waals surface area contributed by atoms with Gasteiger partial charge in [0.25, 0.3) is 5.91 Å². The van der Waals surface area contributed by atoms with E-state index in [0.717, 1.165) is 17.0 Å². The Hall–Kier alpha value is -2.92. The van der Waals surface area contributed by atoms with Crippen molar-refractivity contribution >= 4 is 23.4 Å². The third kappa shape index (κ3) is 5.80. The molecule has 1 amide bonds. The molecule has 30 heavy (non-hydrogen) atoms. The number of hydrogen-bond donors (Lipinski definition) is 1. The maximum atomic E-state index is 12.8. The van der Waals surface area contributed by atoms with E-state index in [-0.39, 0.29) is 5.91 Å². The number of para-hydroxylation sites is 2. The molecule has 0 saturated heterocycles. The Morgan fingerprint density at radius 1 is 1.00 bits per heavy atom. The second-order valence-electron chi connectivity index (χ2n) is 6.91. The lowest BCUT2D eigenvalue weighted by Crippen LogP contribution is -2.32. The Bertz CT molecular complexity index is 975. The van der Waals surface area contributed by atoms with E-state index in [1.54, 1.807) is 24.9 Å². The number of aryl methyl sites for hydroxylation is 1. The minimum absolute atomic E-state index is 0.169. The van der Waals surface area contributed by atoms with Crippen LogP contribution in [-0.4, -0.2) is 19.1 Å². The predicted octanol–water partition coefficient (Wildman–Crippen LogP) is 6.09. The lowest BCUT2D eigenvalue weighted by molar-refractivity contribution is -0.122.